The number of halogens is 1. The number of benzene rings is 1. The lowest BCUT2D eigenvalue weighted by atomic mass is 9.94. The van der Waals surface area contributed by atoms with E-state index in [-0.39, 0.29) is 6.54 Å². The summed E-state index contributed by atoms with van der Waals surface area (Å²) in [4.78, 5) is 0. The minimum atomic E-state index is -0.916. The maximum atomic E-state index is 10.1. The zero-order valence-electron chi connectivity index (χ0n) is 12.2. The summed E-state index contributed by atoms with van der Waals surface area (Å²) in [5.41, 5.74) is 2.60. The third kappa shape index (κ3) is 2.09. The average Bonchev–Trinajstić information content (AvgIpc) is 2.99. The van der Waals surface area contributed by atoms with Gasteiger partial charge in [0.05, 0.1) is 22.8 Å². The first-order valence-electron chi connectivity index (χ1n) is 6.93. The first kappa shape index (κ1) is 15.3. The van der Waals surface area contributed by atoms with Crippen LogP contribution in [0.4, 0.5) is 0 Å². The van der Waals surface area contributed by atoms with Gasteiger partial charge in [-0.2, -0.15) is 10.4 Å². The summed E-state index contributed by atoms with van der Waals surface area (Å²) < 4.78 is 5.51. The van der Waals surface area contributed by atoms with Crippen molar-refractivity contribution in [1.82, 2.24) is 5.01 Å². The first-order valence-corrected chi connectivity index (χ1v) is 7.31. The summed E-state index contributed by atoms with van der Waals surface area (Å²) in [5, 5.41) is 35.5. The fourth-order valence-electron chi connectivity index (χ4n) is 3.13. The van der Waals surface area contributed by atoms with Crippen LogP contribution >= 0.6 is 11.6 Å². The van der Waals surface area contributed by atoms with Crippen LogP contribution in [0.25, 0.3) is 0 Å². The molecule has 2 heterocycles. The Morgan fingerprint density at radius 3 is 2.82 bits per heavy atom. The highest BCUT2D eigenvalue weighted by Gasteiger charge is 2.50. The normalized spacial score (nSPS) is 30.2. The van der Waals surface area contributed by atoms with Crippen molar-refractivity contribution in [2.24, 2.45) is 5.10 Å². The van der Waals surface area contributed by atoms with Gasteiger partial charge in [-0.25, -0.2) is 0 Å². The molecule has 2 aliphatic heterocycles. The minimum Gasteiger partial charge on any atom is -0.388 e. The van der Waals surface area contributed by atoms with Crippen molar-refractivity contribution >= 4 is 17.3 Å². The van der Waals surface area contributed by atoms with Gasteiger partial charge < -0.3 is 14.9 Å². The van der Waals surface area contributed by atoms with Gasteiger partial charge in [-0.05, 0) is 18.6 Å². The monoisotopic (exact) mass is 321 g/mol. The Labute approximate surface area is 133 Å². The molecule has 116 valence electrons. The van der Waals surface area contributed by atoms with Crippen molar-refractivity contribution < 1.29 is 14.9 Å². The second-order valence-electron chi connectivity index (χ2n) is 5.52. The fourth-order valence-corrected chi connectivity index (χ4v) is 3.34. The molecular weight excluding hydrogens is 306 g/mol. The van der Waals surface area contributed by atoms with Crippen LogP contribution in [0.15, 0.2) is 17.2 Å². The van der Waals surface area contributed by atoms with Gasteiger partial charge in [0.1, 0.15) is 30.4 Å². The van der Waals surface area contributed by atoms with E-state index in [9.17, 15) is 10.2 Å². The van der Waals surface area contributed by atoms with E-state index < -0.39 is 24.4 Å². The van der Waals surface area contributed by atoms with Crippen LogP contribution < -0.4 is 0 Å². The third-order valence-corrected chi connectivity index (χ3v) is 4.80. The van der Waals surface area contributed by atoms with E-state index in [1.807, 2.05) is 13.0 Å². The van der Waals surface area contributed by atoms with Gasteiger partial charge in [0.15, 0.2) is 0 Å². The van der Waals surface area contributed by atoms with Gasteiger partial charge in [-0.3, -0.25) is 5.01 Å². The second-order valence-corrected chi connectivity index (χ2v) is 5.90. The third-order valence-electron chi connectivity index (χ3n) is 4.31. The summed E-state index contributed by atoms with van der Waals surface area (Å²) in [5.74, 6) is 0. The molecule has 1 fully saturated rings. The van der Waals surface area contributed by atoms with Crippen LogP contribution in [0.1, 0.15) is 16.7 Å². The summed E-state index contributed by atoms with van der Waals surface area (Å²) >= 11 is 6.22. The summed E-state index contributed by atoms with van der Waals surface area (Å²) in [6.07, 6.45) is -2.21. The van der Waals surface area contributed by atoms with E-state index in [4.69, 9.17) is 21.6 Å². The zero-order valence-corrected chi connectivity index (χ0v) is 12.9. The maximum Gasteiger partial charge on any atom is 0.126 e. The molecule has 7 heteroatoms. The van der Waals surface area contributed by atoms with Crippen LogP contribution in [0, 0.1) is 18.3 Å². The number of ether oxygens (including phenoxy) is 1. The van der Waals surface area contributed by atoms with E-state index in [0.29, 0.717) is 16.3 Å². The van der Waals surface area contributed by atoms with Gasteiger partial charge in [0.25, 0.3) is 0 Å². The predicted octanol–water partition coefficient (Wildman–Crippen LogP) is 0.659. The molecule has 6 nitrogen and oxygen atoms in total. The van der Waals surface area contributed by atoms with E-state index in [1.165, 1.54) is 0 Å². The van der Waals surface area contributed by atoms with Gasteiger partial charge in [-0.1, -0.05) is 17.7 Å². The number of aliphatic hydroxyl groups is 2. The van der Waals surface area contributed by atoms with E-state index in [2.05, 4.69) is 5.10 Å². The van der Waals surface area contributed by atoms with Crippen LogP contribution in [-0.2, 0) is 4.74 Å². The molecule has 0 spiro atoms. The number of fused-ring (bicyclic) bond motifs is 1. The van der Waals surface area contributed by atoms with Crippen molar-refractivity contribution in [1.29, 1.82) is 5.26 Å². The lowest BCUT2D eigenvalue weighted by molar-refractivity contribution is 0.00399. The second kappa shape index (κ2) is 5.52. The van der Waals surface area contributed by atoms with Crippen LogP contribution in [-0.4, -0.2) is 58.9 Å². The smallest absolute Gasteiger partial charge is 0.126 e. The molecule has 2 N–H and O–H groups in total. The van der Waals surface area contributed by atoms with Crippen LogP contribution in [0.3, 0.4) is 0 Å². The molecule has 1 saturated heterocycles. The molecule has 1 aromatic rings. The maximum absolute atomic E-state index is 10.1. The minimum absolute atomic E-state index is 0.262. The number of hydrogen-bond donors (Lipinski definition) is 2. The Morgan fingerprint density at radius 1 is 1.45 bits per heavy atom. The molecule has 2 aliphatic rings. The topological polar surface area (TPSA) is 89.1 Å². The molecule has 0 aliphatic carbocycles. The number of rotatable bonds is 2. The first-order chi connectivity index (χ1) is 10.5. The summed E-state index contributed by atoms with van der Waals surface area (Å²) in [6.45, 7) is 2.08. The van der Waals surface area contributed by atoms with Crippen molar-refractivity contribution in [2.75, 3.05) is 13.7 Å². The number of aliphatic hydroxyl groups excluding tert-OH is 2. The van der Waals surface area contributed by atoms with E-state index >= 15 is 0 Å². The average molecular weight is 322 g/mol. The molecule has 4 atom stereocenters. The number of methoxy groups -OCH3 is 1. The lowest BCUT2D eigenvalue weighted by Crippen LogP contribution is -2.43. The number of nitriles is 1. The molecule has 0 bridgehead atoms. The Morgan fingerprint density at radius 2 is 2.18 bits per heavy atom. The van der Waals surface area contributed by atoms with Crippen molar-refractivity contribution in [3.05, 3.63) is 33.8 Å². The highest BCUT2D eigenvalue weighted by Crippen LogP contribution is 2.34. The SMILES string of the molecule is COC1C(c2ccc(C#N)c(Cl)c2C)=NN2CC(O)C(O)C12. The zero-order chi connectivity index (χ0) is 16.0. The van der Waals surface area contributed by atoms with Crippen molar-refractivity contribution in [2.45, 2.75) is 31.3 Å². The van der Waals surface area contributed by atoms with Gasteiger partial charge >= 0.3 is 0 Å². The van der Waals surface area contributed by atoms with Gasteiger partial charge in [0.2, 0.25) is 0 Å². The molecule has 1 aromatic carbocycles. The summed E-state index contributed by atoms with van der Waals surface area (Å²) in [6, 6.07) is 5.07. The number of nitrogens with zero attached hydrogens (tertiary/aromatic N) is 3. The molecule has 22 heavy (non-hydrogen) atoms. The lowest BCUT2D eigenvalue weighted by Gasteiger charge is -2.23. The quantitative estimate of drug-likeness (QED) is 0.835. The van der Waals surface area contributed by atoms with Crippen LogP contribution in [0.2, 0.25) is 5.02 Å². The van der Waals surface area contributed by atoms with Gasteiger partial charge in [0, 0.05) is 12.7 Å². The van der Waals surface area contributed by atoms with Crippen LogP contribution in [0.5, 0.6) is 0 Å². The van der Waals surface area contributed by atoms with Crippen molar-refractivity contribution in [3.63, 3.8) is 0 Å². The molecule has 0 aromatic heterocycles. The van der Waals surface area contributed by atoms with E-state index in [1.54, 1.807) is 24.3 Å². The molecule has 4 unspecified atom stereocenters. The Balaban J connectivity index is 2.05. The molecule has 3 rings (SSSR count). The largest absolute Gasteiger partial charge is 0.388 e. The van der Waals surface area contributed by atoms with Gasteiger partial charge in [-0.15, -0.1) is 0 Å². The Kier molecular flexibility index (Phi) is 3.83. The highest BCUT2D eigenvalue weighted by atomic mass is 35.5. The highest BCUT2D eigenvalue weighted by molar-refractivity contribution is 6.33. The fraction of sp³-hybridized carbons (Fsp3) is 0.467. The predicted molar refractivity (Wildman–Crippen MR) is 80.7 cm³/mol. The van der Waals surface area contributed by atoms with E-state index in [0.717, 1.165) is 11.1 Å². The Hall–Kier alpha value is -1.65. The standard InChI is InChI=1S/C15H16ClN3O3/c1-7-9(4-3-8(5-17)11(7)16)12-15(22-2)13-14(21)10(20)6-19(13)18-12/h3-4,10,13-15,20-21H,6H2,1-2H3. The number of hydrogen-bond acceptors (Lipinski definition) is 6. The Bertz CT molecular complexity index is 685. The molecule has 0 radical (unpaired) electrons. The summed E-state index contributed by atoms with van der Waals surface area (Å²) in [7, 11) is 1.54. The van der Waals surface area contributed by atoms with Crippen molar-refractivity contribution in [3.8, 4) is 6.07 Å². The number of hydrazone groups is 1. The molecule has 0 amide bonds. The molecular formula is C15H16ClN3O3. The molecule has 0 saturated carbocycles.